The van der Waals surface area contributed by atoms with E-state index in [4.69, 9.17) is 21.7 Å². The molecule has 1 N–H and O–H groups in total. The van der Waals surface area contributed by atoms with Crippen molar-refractivity contribution in [1.82, 2.24) is 0 Å². The molecule has 0 saturated heterocycles. The minimum absolute atomic E-state index is 0.776. The maximum absolute atomic E-state index is 5.51. The number of thiocarbonyl (C=S) groups is 1. The Kier molecular flexibility index (Phi) is 6.50. The van der Waals surface area contributed by atoms with E-state index in [0.29, 0.717) is 0 Å². The summed E-state index contributed by atoms with van der Waals surface area (Å²) in [5.41, 5.74) is 1.98. The summed E-state index contributed by atoms with van der Waals surface area (Å²) >= 11 is 7.12. The van der Waals surface area contributed by atoms with Crippen LogP contribution in [0.3, 0.4) is 0 Å². The summed E-state index contributed by atoms with van der Waals surface area (Å²) in [6.45, 7) is 0. The molecule has 0 spiro atoms. The molecule has 0 saturated carbocycles. The SMILES string of the molecule is COc1ccc(N/C(=C\C(=S)c2ccc(OC)cc2)SC)cc1. The standard InChI is InChI=1S/C18H19NO2S2/c1-20-15-8-4-13(5-9-15)17(22)12-18(23-3)19-14-6-10-16(21-2)11-7-14/h4-12,19H,1-3H3/b18-12+. The van der Waals surface area contributed by atoms with Crippen molar-refractivity contribution in [2.24, 2.45) is 0 Å². The fraction of sp³-hybridized carbons (Fsp3) is 0.167. The smallest absolute Gasteiger partial charge is 0.119 e. The fourth-order valence-corrected chi connectivity index (χ4v) is 2.70. The van der Waals surface area contributed by atoms with Gasteiger partial charge >= 0.3 is 0 Å². The van der Waals surface area contributed by atoms with Gasteiger partial charge in [0.1, 0.15) is 11.5 Å². The van der Waals surface area contributed by atoms with Crippen LogP contribution in [-0.4, -0.2) is 25.3 Å². The van der Waals surface area contributed by atoms with Crippen LogP contribution in [0, 0.1) is 0 Å². The van der Waals surface area contributed by atoms with E-state index in [1.807, 2.05) is 60.9 Å². The Balaban J connectivity index is 2.11. The number of nitrogens with one attached hydrogen (secondary N) is 1. The van der Waals surface area contributed by atoms with Crippen LogP contribution in [0.5, 0.6) is 11.5 Å². The topological polar surface area (TPSA) is 30.5 Å². The van der Waals surface area contributed by atoms with Gasteiger partial charge in [-0.3, -0.25) is 0 Å². The highest BCUT2D eigenvalue weighted by molar-refractivity contribution is 8.02. The number of thioether (sulfide) groups is 1. The third kappa shape index (κ3) is 5.01. The molecule has 120 valence electrons. The first-order valence-corrected chi connectivity index (χ1v) is 8.64. The van der Waals surface area contributed by atoms with Crippen LogP contribution in [0.15, 0.2) is 59.6 Å². The number of ether oxygens (including phenoxy) is 2. The van der Waals surface area contributed by atoms with Crippen LogP contribution in [0.25, 0.3) is 0 Å². The van der Waals surface area contributed by atoms with Crippen LogP contribution in [0.2, 0.25) is 0 Å². The van der Waals surface area contributed by atoms with Crippen molar-refractivity contribution in [3.8, 4) is 11.5 Å². The highest BCUT2D eigenvalue weighted by Crippen LogP contribution is 2.21. The maximum atomic E-state index is 5.51. The van der Waals surface area contributed by atoms with Gasteiger partial charge in [0.2, 0.25) is 0 Å². The zero-order chi connectivity index (χ0) is 16.7. The molecule has 3 nitrogen and oxygen atoms in total. The molecule has 0 atom stereocenters. The van der Waals surface area contributed by atoms with Crippen molar-refractivity contribution in [2.75, 3.05) is 25.8 Å². The molecule has 0 amide bonds. The second kappa shape index (κ2) is 8.60. The molecule has 5 heteroatoms. The van der Waals surface area contributed by atoms with Crippen LogP contribution in [0.4, 0.5) is 5.69 Å². The number of benzene rings is 2. The zero-order valence-corrected chi connectivity index (χ0v) is 15.0. The monoisotopic (exact) mass is 345 g/mol. The molecule has 0 aliphatic heterocycles. The summed E-state index contributed by atoms with van der Waals surface area (Å²) in [5.74, 6) is 1.65. The number of rotatable bonds is 7. The molecule has 0 heterocycles. The number of hydrogen-bond donors (Lipinski definition) is 1. The Morgan fingerprint density at radius 3 is 1.96 bits per heavy atom. The van der Waals surface area contributed by atoms with Crippen LogP contribution < -0.4 is 14.8 Å². The first-order chi connectivity index (χ1) is 11.2. The van der Waals surface area contributed by atoms with Crippen molar-refractivity contribution in [1.29, 1.82) is 0 Å². The van der Waals surface area contributed by atoms with E-state index in [0.717, 1.165) is 32.6 Å². The summed E-state index contributed by atoms with van der Waals surface area (Å²) in [7, 11) is 3.31. The van der Waals surface area contributed by atoms with Gasteiger partial charge in [0, 0.05) is 10.6 Å². The van der Waals surface area contributed by atoms with Gasteiger partial charge in [-0.25, -0.2) is 0 Å². The summed E-state index contributed by atoms with van der Waals surface area (Å²) in [4.78, 5) is 0.776. The molecule has 2 aromatic carbocycles. The van der Waals surface area contributed by atoms with Gasteiger partial charge in [-0.1, -0.05) is 12.2 Å². The molecule has 0 aliphatic carbocycles. The molecular formula is C18H19NO2S2. The molecule has 2 aromatic rings. The minimum Gasteiger partial charge on any atom is -0.497 e. The predicted molar refractivity (Wildman–Crippen MR) is 103 cm³/mol. The largest absolute Gasteiger partial charge is 0.497 e. The Morgan fingerprint density at radius 1 is 0.957 bits per heavy atom. The van der Waals surface area contributed by atoms with Crippen molar-refractivity contribution in [2.45, 2.75) is 0 Å². The first-order valence-electron chi connectivity index (χ1n) is 7.01. The van der Waals surface area contributed by atoms with Crippen LogP contribution in [-0.2, 0) is 0 Å². The number of hydrogen-bond acceptors (Lipinski definition) is 5. The van der Waals surface area contributed by atoms with Crippen molar-refractivity contribution in [3.05, 3.63) is 65.2 Å². The normalized spacial score (nSPS) is 11.0. The summed E-state index contributed by atoms with van der Waals surface area (Å²) in [5, 5.41) is 4.34. The van der Waals surface area contributed by atoms with Gasteiger partial charge in [-0.2, -0.15) is 0 Å². The van der Waals surface area contributed by atoms with E-state index in [1.165, 1.54) is 0 Å². The lowest BCUT2D eigenvalue weighted by Gasteiger charge is -2.10. The Bertz CT molecular complexity index is 679. The Labute approximate surface area is 146 Å². The number of allylic oxidation sites excluding steroid dienone is 1. The number of anilines is 1. The molecule has 0 radical (unpaired) electrons. The highest BCUT2D eigenvalue weighted by Gasteiger charge is 2.03. The van der Waals surface area contributed by atoms with Crippen molar-refractivity contribution < 1.29 is 9.47 Å². The van der Waals surface area contributed by atoms with Gasteiger partial charge < -0.3 is 14.8 Å². The minimum atomic E-state index is 0.776. The third-order valence-corrected chi connectivity index (χ3v) is 4.23. The maximum Gasteiger partial charge on any atom is 0.119 e. The lowest BCUT2D eigenvalue weighted by atomic mass is 10.1. The molecule has 0 aromatic heterocycles. The van der Waals surface area contributed by atoms with Crippen LogP contribution in [0.1, 0.15) is 5.56 Å². The van der Waals surface area contributed by atoms with E-state index in [9.17, 15) is 0 Å². The van der Waals surface area contributed by atoms with E-state index < -0.39 is 0 Å². The van der Waals surface area contributed by atoms with E-state index in [2.05, 4.69) is 5.32 Å². The van der Waals surface area contributed by atoms with Crippen LogP contribution >= 0.6 is 24.0 Å². The first kappa shape index (κ1) is 17.4. The Morgan fingerprint density at radius 2 is 1.48 bits per heavy atom. The molecule has 0 aliphatic rings. The lowest BCUT2D eigenvalue weighted by molar-refractivity contribution is 0.414. The van der Waals surface area contributed by atoms with Gasteiger partial charge in [-0.05, 0) is 66.4 Å². The quantitative estimate of drug-likeness (QED) is 0.445. The Hall–Kier alpha value is -1.98. The fourth-order valence-electron chi connectivity index (χ4n) is 1.92. The molecule has 2 rings (SSSR count). The van der Waals surface area contributed by atoms with E-state index in [-0.39, 0.29) is 0 Å². The summed E-state index contributed by atoms with van der Waals surface area (Å²) < 4.78 is 10.3. The second-order valence-corrected chi connectivity index (χ2v) is 5.95. The molecule has 0 unspecified atom stereocenters. The summed E-state index contributed by atoms with van der Waals surface area (Å²) in [6, 6.07) is 15.5. The average molecular weight is 345 g/mol. The highest BCUT2D eigenvalue weighted by atomic mass is 32.2. The van der Waals surface area contributed by atoms with E-state index in [1.54, 1.807) is 26.0 Å². The van der Waals surface area contributed by atoms with Gasteiger partial charge in [-0.15, -0.1) is 11.8 Å². The van der Waals surface area contributed by atoms with Gasteiger partial charge in [0.05, 0.1) is 19.2 Å². The lowest BCUT2D eigenvalue weighted by Crippen LogP contribution is -2.00. The molecule has 0 bridgehead atoms. The van der Waals surface area contributed by atoms with Crippen molar-refractivity contribution in [3.63, 3.8) is 0 Å². The number of methoxy groups -OCH3 is 2. The summed E-state index contributed by atoms with van der Waals surface area (Å²) in [6.07, 6.45) is 3.98. The zero-order valence-electron chi connectivity index (χ0n) is 13.3. The van der Waals surface area contributed by atoms with Gasteiger partial charge in [0.25, 0.3) is 0 Å². The van der Waals surface area contributed by atoms with Gasteiger partial charge in [0.15, 0.2) is 0 Å². The average Bonchev–Trinajstić information content (AvgIpc) is 2.61. The molecule has 23 heavy (non-hydrogen) atoms. The second-order valence-electron chi connectivity index (χ2n) is 4.66. The molecular weight excluding hydrogens is 326 g/mol. The van der Waals surface area contributed by atoms with Crippen molar-refractivity contribution >= 4 is 34.5 Å². The molecule has 0 fully saturated rings. The third-order valence-electron chi connectivity index (χ3n) is 3.21. The van der Waals surface area contributed by atoms with E-state index >= 15 is 0 Å². The predicted octanol–water partition coefficient (Wildman–Crippen LogP) is 4.74.